The second-order valence-corrected chi connectivity index (χ2v) is 9.18. The number of fused-ring (bicyclic) bond motifs is 1. The molecular weight excluding hydrogens is 492 g/mol. The molecule has 4 rings (SSSR count). The fourth-order valence-electron chi connectivity index (χ4n) is 4.12. The Morgan fingerprint density at radius 1 is 0.923 bits per heavy atom. The number of hydrogen-bond acceptors (Lipinski definition) is 4. The molecule has 0 aliphatic heterocycles. The van der Waals surface area contributed by atoms with Crippen molar-refractivity contribution in [1.29, 1.82) is 0 Å². The third kappa shape index (κ3) is 7.58. The second-order valence-electron chi connectivity index (χ2n) is 9.18. The number of carbonyl (C=O) groups is 3. The van der Waals surface area contributed by atoms with Gasteiger partial charge >= 0.3 is 12.0 Å². The summed E-state index contributed by atoms with van der Waals surface area (Å²) in [5, 5.41) is 9.66. The van der Waals surface area contributed by atoms with Crippen LogP contribution in [-0.2, 0) is 27.3 Å². The monoisotopic (exact) mass is 524 g/mol. The number of aromatic amines is 1. The van der Waals surface area contributed by atoms with Crippen LogP contribution < -0.4 is 16.0 Å². The highest BCUT2D eigenvalue weighted by Crippen LogP contribution is 2.28. The topological polar surface area (TPSA) is 112 Å². The first-order valence-corrected chi connectivity index (χ1v) is 12.8. The summed E-state index contributed by atoms with van der Waals surface area (Å²) in [7, 11) is 0. The zero-order valence-corrected chi connectivity index (χ0v) is 21.9. The van der Waals surface area contributed by atoms with Crippen molar-refractivity contribution in [2.24, 2.45) is 0 Å². The van der Waals surface area contributed by atoms with Gasteiger partial charge in [-0.05, 0) is 42.2 Å². The van der Waals surface area contributed by atoms with Crippen LogP contribution in [0.25, 0.3) is 22.0 Å². The van der Waals surface area contributed by atoms with Gasteiger partial charge in [-0.3, -0.25) is 4.79 Å². The molecule has 3 aromatic carbocycles. The first kappa shape index (κ1) is 27.2. The molecule has 1 heterocycles. The van der Waals surface area contributed by atoms with Crippen molar-refractivity contribution >= 4 is 34.5 Å². The van der Waals surface area contributed by atoms with Gasteiger partial charge in [0, 0.05) is 41.2 Å². The number of rotatable bonds is 11. The maximum atomic E-state index is 12.4. The quantitative estimate of drug-likeness (QED) is 0.121. The molecular formula is C31H32N4O4. The molecule has 0 fully saturated rings. The molecule has 3 amide bonds. The van der Waals surface area contributed by atoms with Gasteiger partial charge in [-0.2, -0.15) is 0 Å². The van der Waals surface area contributed by atoms with E-state index in [1.165, 1.54) is 0 Å². The predicted octanol–water partition coefficient (Wildman–Crippen LogP) is 5.32. The van der Waals surface area contributed by atoms with Gasteiger partial charge in [0.05, 0.1) is 12.2 Å². The third-order valence-electron chi connectivity index (χ3n) is 6.20. The van der Waals surface area contributed by atoms with Crippen molar-refractivity contribution in [3.8, 4) is 11.1 Å². The standard InChI is InChI=1S/C31H32N4O4/c1-21(2)30(37)39-18-17-32-31(38)35-28-10-6-4-7-25(28)23-13-11-22(12-14-23)19-34-29(36)16-15-24-20-33-27-9-5-3-8-26(24)27/h3-14,20,33H,1,15-19H2,2H3,(H,34,36)(H2,32,35,38). The molecule has 8 heteroatoms. The summed E-state index contributed by atoms with van der Waals surface area (Å²) >= 11 is 0. The van der Waals surface area contributed by atoms with Gasteiger partial charge < -0.3 is 25.7 Å². The van der Waals surface area contributed by atoms with Gasteiger partial charge in [0.2, 0.25) is 5.91 Å². The highest BCUT2D eigenvalue weighted by atomic mass is 16.5. The number of esters is 1. The molecule has 0 radical (unpaired) electrons. The van der Waals surface area contributed by atoms with Crippen LogP contribution in [-0.4, -0.2) is 36.0 Å². The molecule has 4 aromatic rings. The molecule has 0 saturated heterocycles. The highest BCUT2D eigenvalue weighted by molar-refractivity contribution is 5.94. The number of aryl methyl sites for hydroxylation is 1. The minimum atomic E-state index is -0.490. The molecule has 0 atom stereocenters. The summed E-state index contributed by atoms with van der Waals surface area (Å²) in [5.41, 5.74) is 5.93. The van der Waals surface area contributed by atoms with Crippen molar-refractivity contribution in [2.75, 3.05) is 18.5 Å². The number of ether oxygens (including phenoxy) is 1. The highest BCUT2D eigenvalue weighted by Gasteiger charge is 2.10. The van der Waals surface area contributed by atoms with E-state index in [4.69, 9.17) is 4.74 Å². The largest absolute Gasteiger partial charge is 0.460 e. The maximum Gasteiger partial charge on any atom is 0.333 e. The minimum Gasteiger partial charge on any atom is -0.460 e. The lowest BCUT2D eigenvalue weighted by Gasteiger charge is -2.13. The first-order chi connectivity index (χ1) is 18.9. The summed E-state index contributed by atoms with van der Waals surface area (Å²) in [6.45, 7) is 5.75. The van der Waals surface area contributed by atoms with Crippen LogP contribution >= 0.6 is 0 Å². The number of para-hydroxylation sites is 2. The Hall–Kier alpha value is -4.85. The van der Waals surface area contributed by atoms with Crippen LogP contribution in [0.5, 0.6) is 0 Å². The van der Waals surface area contributed by atoms with Gasteiger partial charge in [0.15, 0.2) is 0 Å². The van der Waals surface area contributed by atoms with E-state index in [-0.39, 0.29) is 19.1 Å². The Kier molecular flexibility index (Phi) is 9.13. The van der Waals surface area contributed by atoms with Gasteiger partial charge in [-0.25, -0.2) is 9.59 Å². The lowest BCUT2D eigenvalue weighted by molar-refractivity contribution is -0.138. The van der Waals surface area contributed by atoms with Crippen molar-refractivity contribution in [3.05, 3.63) is 102 Å². The minimum absolute atomic E-state index is 0.000640. The van der Waals surface area contributed by atoms with E-state index in [0.717, 1.165) is 33.2 Å². The number of hydrogen-bond donors (Lipinski definition) is 4. The zero-order valence-electron chi connectivity index (χ0n) is 21.9. The van der Waals surface area contributed by atoms with Crippen molar-refractivity contribution in [1.82, 2.24) is 15.6 Å². The van der Waals surface area contributed by atoms with Gasteiger partial charge in [0.25, 0.3) is 0 Å². The third-order valence-corrected chi connectivity index (χ3v) is 6.20. The molecule has 0 saturated carbocycles. The SMILES string of the molecule is C=C(C)C(=O)OCCNC(=O)Nc1ccccc1-c1ccc(CNC(=O)CCc2c[nH]c3ccccc23)cc1. The number of benzene rings is 3. The zero-order chi connectivity index (χ0) is 27.6. The lowest BCUT2D eigenvalue weighted by atomic mass is 10.0. The van der Waals surface area contributed by atoms with Gasteiger partial charge in [0.1, 0.15) is 6.61 Å². The average Bonchev–Trinajstić information content (AvgIpc) is 3.36. The second kappa shape index (κ2) is 13.1. The van der Waals surface area contributed by atoms with Gasteiger partial charge in [-0.1, -0.05) is 67.2 Å². The van der Waals surface area contributed by atoms with E-state index < -0.39 is 12.0 Å². The van der Waals surface area contributed by atoms with Crippen LogP contribution in [0.2, 0.25) is 0 Å². The number of nitrogens with one attached hydrogen (secondary N) is 4. The molecule has 8 nitrogen and oxygen atoms in total. The average molecular weight is 525 g/mol. The predicted molar refractivity (Wildman–Crippen MR) is 153 cm³/mol. The van der Waals surface area contributed by atoms with Crippen molar-refractivity contribution in [3.63, 3.8) is 0 Å². The van der Waals surface area contributed by atoms with E-state index in [2.05, 4.69) is 33.6 Å². The Morgan fingerprint density at radius 3 is 2.46 bits per heavy atom. The number of amides is 3. The summed E-state index contributed by atoms with van der Waals surface area (Å²) < 4.78 is 4.98. The summed E-state index contributed by atoms with van der Waals surface area (Å²) in [4.78, 5) is 39.5. The van der Waals surface area contributed by atoms with Crippen LogP contribution in [0, 0.1) is 0 Å². The van der Waals surface area contributed by atoms with E-state index in [0.29, 0.717) is 30.6 Å². The smallest absolute Gasteiger partial charge is 0.333 e. The maximum absolute atomic E-state index is 12.4. The fraction of sp³-hybridized carbons (Fsp3) is 0.194. The summed E-state index contributed by atoms with van der Waals surface area (Å²) in [6, 6.07) is 23.0. The number of urea groups is 1. The van der Waals surface area contributed by atoms with Crippen LogP contribution in [0.1, 0.15) is 24.5 Å². The molecule has 0 unspecified atom stereocenters. The molecule has 4 N–H and O–H groups in total. The van der Waals surface area contributed by atoms with Gasteiger partial charge in [-0.15, -0.1) is 0 Å². The first-order valence-electron chi connectivity index (χ1n) is 12.8. The molecule has 0 aliphatic rings. The van der Waals surface area contributed by atoms with E-state index >= 15 is 0 Å². The number of H-pyrrole nitrogens is 1. The molecule has 1 aromatic heterocycles. The van der Waals surface area contributed by atoms with Crippen molar-refractivity contribution < 1.29 is 19.1 Å². The van der Waals surface area contributed by atoms with E-state index in [1.54, 1.807) is 6.92 Å². The normalized spacial score (nSPS) is 10.6. The lowest BCUT2D eigenvalue weighted by Crippen LogP contribution is -2.32. The number of carbonyl (C=O) groups excluding carboxylic acids is 3. The Bertz CT molecular complexity index is 1470. The van der Waals surface area contributed by atoms with E-state index in [1.807, 2.05) is 72.9 Å². The number of anilines is 1. The van der Waals surface area contributed by atoms with Crippen LogP contribution in [0.4, 0.5) is 10.5 Å². The summed E-state index contributed by atoms with van der Waals surface area (Å²) in [6.07, 6.45) is 3.05. The molecule has 0 aliphatic carbocycles. The Morgan fingerprint density at radius 2 is 1.67 bits per heavy atom. The molecule has 39 heavy (non-hydrogen) atoms. The Balaban J connectivity index is 1.26. The van der Waals surface area contributed by atoms with Crippen molar-refractivity contribution in [2.45, 2.75) is 26.3 Å². The Labute approximate surface area is 227 Å². The molecule has 0 spiro atoms. The number of aromatic nitrogens is 1. The molecule has 0 bridgehead atoms. The van der Waals surface area contributed by atoms with Crippen LogP contribution in [0.15, 0.2) is 91.1 Å². The fourth-order valence-corrected chi connectivity index (χ4v) is 4.12. The molecule has 200 valence electrons. The van der Waals surface area contributed by atoms with Crippen LogP contribution in [0.3, 0.4) is 0 Å². The van der Waals surface area contributed by atoms with E-state index in [9.17, 15) is 14.4 Å². The summed E-state index contributed by atoms with van der Waals surface area (Å²) in [5.74, 6) is -0.490.